The Morgan fingerprint density at radius 3 is 1.33 bits per heavy atom. The molecule has 9 atom stereocenters. The number of carboxylic acids is 1. The van der Waals surface area contributed by atoms with Crippen molar-refractivity contribution >= 4 is 77.0 Å². The van der Waals surface area contributed by atoms with E-state index in [1.54, 1.807) is 0 Å². The van der Waals surface area contributed by atoms with Crippen LogP contribution in [0.3, 0.4) is 0 Å². The van der Waals surface area contributed by atoms with Gasteiger partial charge in [0.25, 0.3) is 0 Å². The fraction of sp³-hybridized carbons (Fsp3) is 0.711. The molecule has 1 fully saturated rings. The van der Waals surface area contributed by atoms with Crippen molar-refractivity contribution in [2.45, 2.75) is 157 Å². The summed E-state index contributed by atoms with van der Waals surface area (Å²) in [5, 5.41) is 46.9. The van der Waals surface area contributed by atoms with E-state index in [1.165, 1.54) is 0 Å². The standard InChI is InChI=1S/C45H83N19O14/c46-17-3-1-8-25(57-35(69)24(48)13-15-33(49)67)36(70)60-28(11-6-20-56-45(53)54)42(76)64-21-7-12-32(64)41(75)63-31(23-66)39(73)59-27(14-16-34(50)68)38(72)58-26(10-5-19-55-44(51)52)37(71)62-30(22-65)40(74)61-29(43(77)78)9-2-4-18-47/h24-32,65-66H,1-23,46-48H2,(H2,49,67)(H2,50,68)(H,57,69)(H,58,72)(H,59,73)(H,60,70)(H,61,74)(H,62,71)(H,63,75)(H,77,78)(H4,51,52,55)(H4,53,54,56)/t24-,25-,26-,27-,28-,29-,30-,31-,32-/m0/s1. The largest absolute Gasteiger partial charge is 0.480 e. The molecule has 0 aromatic heterocycles. The highest BCUT2D eigenvalue weighted by Crippen LogP contribution is 2.21. The number of hydrogen-bond acceptors (Lipinski definition) is 18. The fourth-order valence-corrected chi connectivity index (χ4v) is 7.83. The van der Waals surface area contributed by atoms with Gasteiger partial charge in [-0.1, -0.05) is 0 Å². The molecule has 78 heavy (non-hydrogen) atoms. The molecule has 0 bridgehead atoms. The van der Waals surface area contributed by atoms with E-state index < -0.39 is 145 Å². The van der Waals surface area contributed by atoms with Gasteiger partial charge in [0.05, 0.1) is 19.3 Å². The maximum absolute atomic E-state index is 14.4. The minimum absolute atomic E-state index is 0.00353. The number of aliphatic carboxylic acids is 1. The van der Waals surface area contributed by atoms with E-state index in [-0.39, 0.29) is 109 Å². The van der Waals surface area contributed by atoms with E-state index >= 15 is 0 Å². The molecule has 0 radical (unpaired) electrons. The SMILES string of the molecule is NCCCC[C@H](NC(=O)[C@H](CO)NC(=O)[C@H](CCCN=C(N)N)NC(=O)[C@H](CCC(N)=O)NC(=O)[C@H](CO)NC(=O)[C@@H]1CCCN1C(=O)[C@H](CCCN=C(N)N)NC(=O)[C@H](CCCCN)NC(=O)[C@@H](N)CCC(N)=O)C(=O)O. The number of nitrogens with two attached hydrogens (primary N) is 9. The highest BCUT2D eigenvalue weighted by Gasteiger charge is 2.40. The van der Waals surface area contributed by atoms with Crippen molar-refractivity contribution in [2.24, 2.45) is 61.6 Å². The number of aliphatic hydroxyl groups is 2. The van der Waals surface area contributed by atoms with Crippen LogP contribution in [0.1, 0.15) is 103 Å². The summed E-state index contributed by atoms with van der Waals surface area (Å²) in [6.45, 7) is -1.56. The fourth-order valence-electron chi connectivity index (χ4n) is 7.83. The van der Waals surface area contributed by atoms with Crippen LogP contribution in [0, 0.1) is 0 Å². The molecule has 33 nitrogen and oxygen atoms in total. The average molecular weight is 1110 g/mol. The third kappa shape index (κ3) is 26.5. The van der Waals surface area contributed by atoms with Crippen LogP contribution in [-0.4, -0.2) is 197 Å². The van der Waals surface area contributed by atoms with Crippen molar-refractivity contribution in [2.75, 3.05) is 45.9 Å². The molecule has 1 saturated heterocycles. The zero-order valence-electron chi connectivity index (χ0n) is 43.8. The van der Waals surface area contributed by atoms with E-state index in [0.29, 0.717) is 25.7 Å². The number of guanidine groups is 2. The van der Waals surface area contributed by atoms with Crippen molar-refractivity contribution in [3.63, 3.8) is 0 Å². The van der Waals surface area contributed by atoms with E-state index in [4.69, 9.17) is 51.6 Å². The summed E-state index contributed by atoms with van der Waals surface area (Å²) in [6, 6.07) is -13.2. The molecular weight excluding hydrogens is 1030 g/mol. The summed E-state index contributed by atoms with van der Waals surface area (Å²) in [7, 11) is 0. The molecule has 1 aliphatic rings. The highest BCUT2D eigenvalue weighted by atomic mass is 16.4. The lowest BCUT2D eigenvalue weighted by Crippen LogP contribution is -2.61. The molecule has 33 heteroatoms. The van der Waals surface area contributed by atoms with Crippen LogP contribution in [0.4, 0.5) is 0 Å². The van der Waals surface area contributed by atoms with Gasteiger partial charge in [0, 0.05) is 32.5 Å². The van der Waals surface area contributed by atoms with Gasteiger partial charge in [-0.2, -0.15) is 0 Å². The molecule has 0 spiro atoms. The summed E-state index contributed by atoms with van der Waals surface area (Å²) >= 11 is 0. The second-order valence-electron chi connectivity index (χ2n) is 18.4. The van der Waals surface area contributed by atoms with Gasteiger partial charge in [-0.15, -0.1) is 0 Å². The predicted molar refractivity (Wildman–Crippen MR) is 281 cm³/mol. The van der Waals surface area contributed by atoms with Crippen LogP contribution in [0.2, 0.25) is 0 Å². The third-order valence-electron chi connectivity index (χ3n) is 12.1. The Balaban J connectivity index is 3.43. The van der Waals surface area contributed by atoms with Crippen LogP contribution >= 0.6 is 0 Å². The molecule has 1 heterocycles. The number of aliphatic imine (C=N–C) groups is 2. The van der Waals surface area contributed by atoms with Gasteiger partial charge in [0.2, 0.25) is 59.1 Å². The molecule has 0 saturated carbocycles. The van der Waals surface area contributed by atoms with Crippen LogP contribution in [0.15, 0.2) is 9.98 Å². The van der Waals surface area contributed by atoms with Crippen molar-refractivity contribution < 1.29 is 68.1 Å². The van der Waals surface area contributed by atoms with Gasteiger partial charge in [0.15, 0.2) is 11.9 Å². The van der Waals surface area contributed by atoms with Crippen LogP contribution in [0.5, 0.6) is 0 Å². The number of carboxylic acid groups (broad SMARTS) is 1. The molecule has 1 rings (SSSR count). The number of aliphatic hydroxyl groups excluding tert-OH is 2. The number of primary amides is 2. The van der Waals surface area contributed by atoms with Gasteiger partial charge in [-0.05, 0) is 103 Å². The predicted octanol–water partition coefficient (Wildman–Crippen LogP) is -9.34. The van der Waals surface area contributed by atoms with Crippen LogP contribution in [-0.2, 0) is 52.7 Å². The molecule has 28 N–H and O–H groups in total. The average Bonchev–Trinajstić information content (AvgIpc) is 3.88. The Hall–Kier alpha value is -7.49. The molecule has 0 aliphatic carbocycles. The first-order valence-corrected chi connectivity index (χ1v) is 25.6. The Kier molecular flexibility index (Phi) is 32.8. The van der Waals surface area contributed by atoms with E-state index in [2.05, 4.69) is 47.2 Å². The van der Waals surface area contributed by atoms with Gasteiger partial charge < -0.3 is 109 Å². The molecule has 442 valence electrons. The third-order valence-corrected chi connectivity index (χ3v) is 12.1. The zero-order chi connectivity index (χ0) is 58.9. The monoisotopic (exact) mass is 1110 g/mol. The number of nitrogens with zero attached hydrogens (tertiary/aromatic N) is 3. The summed E-state index contributed by atoms with van der Waals surface area (Å²) in [6.07, 6.45) is 0.620. The lowest BCUT2D eigenvalue weighted by molar-refractivity contribution is -0.143. The summed E-state index contributed by atoms with van der Waals surface area (Å²) in [4.78, 5) is 154. The quantitative estimate of drug-likeness (QED) is 0.0154. The van der Waals surface area contributed by atoms with E-state index in [0.717, 1.165) is 4.90 Å². The number of carbonyl (C=O) groups excluding carboxylic acids is 10. The number of rotatable bonds is 40. The van der Waals surface area contributed by atoms with Gasteiger partial charge in [-0.25, -0.2) is 4.79 Å². The van der Waals surface area contributed by atoms with Gasteiger partial charge in [0.1, 0.15) is 48.3 Å². The molecule has 0 aromatic carbocycles. The first-order chi connectivity index (χ1) is 36.9. The first-order valence-electron chi connectivity index (χ1n) is 25.6. The maximum atomic E-state index is 14.4. The van der Waals surface area contributed by atoms with Crippen molar-refractivity contribution in [1.29, 1.82) is 0 Å². The Bertz CT molecular complexity index is 2080. The molecule has 0 unspecified atom stereocenters. The summed E-state index contributed by atoms with van der Waals surface area (Å²) in [5.41, 5.74) is 49.4. The summed E-state index contributed by atoms with van der Waals surface area (Å²) in [5.74, 6) is -11.1. The normalized spacial score (nSPS) is 16.0. The van der Waals surface area contributed by atoms with Crippen LogP contribution < -0.4 is 88.8 Å². The number of carbonyl (C=O) groups is 11. The number of nitrogens with one attached hydrogen (secondary N) is 7. The molecule has 10 amide bonds. The molecular formula is C45H83N19O14. The topological polar surface area (TPSA) is 595 Å². The lowest BCUT2D eigenvalue weighted by Gasteiger charge is -2.31. The Labute approximate surface area is 450 Å². The van der Waals surface area contributed by atoms with Gasteiger partial charge >= 0.3 is 5.97 Å². The minimum Gasteiger partial charge on any atom is -0.480 e. The number of unbranched alkanes of at least 4 members (excludes halogenated alkanes) is 2. The molecule has 0 aromatic rings. The van der Waals surface area contributed by atoms with Gasteiger partial charge in [-0.3, -0.25) is 57.9 Å². The first kappa shape index (κ1) is 68.5. The van der Waals surface area contributed by atoms with E-state index in [1.807, 2.05) is 0 Å². The molecule has 1 aliphatic heterocycles. The lowest BCUT2D eigenvalue weighted by atomic mass is 10.0. The van der Waals surface area contributed by atoms with Crippen molar-refractivity contribution in [3.05, 3.63) is 0 Å². The summed E-state index contributed by atoms with van der Waals surface area (Å²) < 4.78 is 0. The zero-order valence-corrected chi connectivity index (χ0v) is 43.8. The number of amides is 10. The second-order valence-corrected chi connectivity index (χ2v) is 18.4. The van der Waals surface area contributed by atoms with E-state index in [9.17, 15) is 68.1 Å². The van der Waals surface area contributed by atoms with Crippen molar-refractivity contribution in [1.82, 2.24) is 42.1 Å². The maximum Gasteiger partial charge on any atom is 0.326 e. The van der Waals surface area contributed by atoms with Crippen molar-refractivity contribution in [3.8, 4) is 0 Å². The highest BCUT2D eigenvalue weighted by molar-refractivity contribution is 5.98. The second kappa shape index (κ2) is 37.3. The Morgan fingerprint density at radius 2 is 0.872 bits per heavy atom. The number of likely N-dealkylation sites (tertiary alicyclic amines) is 1. The Morgan fingerprint density at radius 1 is 0.487 bits per heavy atom. The minimum atomic E-state index is -1.80. The number of hydrogen-bond donors (Lipinski definition) is 19. The smallest absolute Gasteiger partial charge is 0.326 e. The van der Waals surface area contributed by atoms with Crippen LogP contribution in [0.25, 0.3) is 0 Å².